The molecule has 114 valence electrons. The van der Waals surface area contributed by atoms with Crippen LogP contribution < -0.4 is 0 Å². The SMILES string of the molecule is O=C1N2CCC[C@H]2COC2=CCC=C[C@]12Cc1ccccc1. The minimum atomic E-state index is -0.640. The van der Waals surface area contributed by atoms with E-state index in [2.05, 4.69) is 35.3 Å². The van der Waals surface area contributed by atoms with E-state index in [1.807, 2.05) is 18.2 Å². The van der Waals surface area contributed by atoms with Gasteiger partial charge in [-0.3, -0.25) is 4.79 Å². The minimum Gasteiger partial charge on any atom is -0.495 e. The molecule has 1 aliphatic carbocycles. The molecule has 0 saturated carbocycles. The third kappa shape index (κ3) is 2.07. The van der Waals surface area contributed by atoms with Crippen molar-refractivity contribution in [2.24, 2.45) is 5.41 Å². The van der Waals surface area contributed by atoms with E-state index in [-0.39, 0.29) is 11.9 Å². The van der Waals surface area contributed by atoms with E-state index < -0.39 is 5.41 Å². The molecule has 22 heavy (non-hydrogen) atoms. The lowest BCUT2D eigenvalue weighted by atomic mass is 9.75. The van der Waals surface area contributed by atoms with Crippen molar-refractivity contribution < 1.29 is 9.53 Å². The zero-order valence-corrected chi connectivity index (χ0v) is 12.7. The van der Waals surface area contributed by atoms with Crippen molar-refractivity contribution in [3.63, 3.8) is 0 Å². The summed E-state index contributed by atoms with van der Waals surface area (Å²) < 4.78 is 6.11. The van der Waals surface area contributed by atoms with E-state index in [0.717, 1.165) is 31.6 Å². The van der Waals surface area contributed by atoms with Crippen LogP contribution in [0.15, 0.2) is 54.3 Å². The van der Waals surface area contributed by atoms with Gasteiger partial charge in [0.2, 0.25) is 5.91 Å². The second-order valence-corrected chi connectivity index (χ2v) is 6.45. The molecular weight excluding hydrogens is 274 g/mol. The lowest BCUT2D eigenvalue weighted by Crippen LogP contribution is -2.46. The van der Waals surface area contributed by atoms with Gasteiger partial charge < -0.3 is 9.64 Å². The summed E-state index contributed by atoms with van der Waals surface area (Å²) in [6.45, 7) is 1.51. The third-order valence-electron chi connectivity index (χ3n) is 5.06. The summed E-state index contributed by atoms with van der Waals surface area (Å²) in [5, 5.41) is 0. The molecule has 3 heteroatoms. The molecule has 0 spiro atoms. The second kappa shape index (κ2) is 5.31. The first-order chi connectivity index (χ1) is 10.8. The number of carbonyl (C=O) groups is 1. The van der Waals surface area contributed by atoms with E-state index >= 15 is 0 Å². The zero-order chi connectivity index (χ0) is 15.0. The van der Waals surface area contributed by atoms with Crippen LogP contribution in [-0.4, -0.2) is 30.0 Å². The first-order valence-electron chi connectivity index (χ1n) is 8.16. The first-order valence-corrected chi connectivity index (χ1v) is 8.16. The average Bonchev–Trinajstić information content (AvgIpc) is 2.98. The molecule has 1 amide bonds. The Bertz CT molecular complexity index is 634. The fourth-order valence-corrected chi connectivity index (χ4v) is 3.93. The van der Waals surface area contributed by atoms with Crippen LogP contribution in [0.5, 0.6) is 0 Å². The van der Waals surface area contributed by atoms with Crippen molar-refractivity contribution in [1.29, 1.82) is 0 Å². The average molecular weight is 295 g/mol. The van der Waals surface area contributed by atoms with Crippen LogP contribution in [0.1, 0.15) is 24.8 Å². The third-order valence-corrected chi connectivity index (χ3v) is 5.06. The summed E-state index contributed by atoms with van der Waals surface area (Å²) >= 11 is 0. The van der Waals surface area contributed by atoms with Crippen molar-refractivity contribution >= 4 is 5.91 Å². The largest absolute Gasteiger partial charge is 0.495 e. The summed E-state index contributed by atoms with van der Waals surface area (Å²) in [5.41, 5.74) is 0.535. The van der Waals surface area contributed by atoms with Gasteiger partial charge in [0.25, 0.3) is 0 Å². The number of rotatable bonds is 2. The highest BCUT2D eigenvalue weighted by Crippen LogP contribution is 2.43. The molecular formula is C19H21NO2. The normalized spacial score (nSPS) is 30.2. The predicted molar refractivity (Wildman–Crippen MR) is 85.1 cm³/mol. The quantitative estimate of drug-likeness (QED) is 0.785. The summed E-state index contributed by atoms with van der Waals surface area (Å²) in [7, 11) is 0. The molecule has 4 rings (SSSR count). The highest BCUT2D eigenvalue weighted by molar-refractivity contribution is 5.89. The van der Waals surface area contributed by atoms with Crippen molar-refractivity contribution in [2.45, 2.75) is 31.7 Å². The van der Waals surface area contributed by atoms with Crippen LogP contribution in [-0.2, 0) is 16.0 Å². The fourth-order valence-electron chi connectivity index (χ4n) is 3.93. The molecule has 2 fully saturated rings. The number of fused-ring (bicyclic) bond motifs is 2. The van der Waals surface area contributed by atoms with Gasteiger partial charge in [0.1, 0.15) is 17.8 Å². The predicted octanol–water partition coefficient (Wildman–Crippen LogP) is 3.08. The van der Waals surface area contributed by atoms with Gasteiger partial charge in [-0.1, -0.05) is 42.5 Å². The Morgan fingerprint density at radius 1 is 1.27 bits per heavy atom. The Hall–Kier alpha value is -2.03. The molecule has 2 aliphatic heterocycles. The maximum Gasteiger partial charge on any atom is 0.240 e. The van der Waals surface area contributed by atoms with Crippen molar-refractivity contribution in [2.75, 3.05) is 13.2 Å². The van der Waals surface area contributed by atoms with E-state index in [9.17, 15) is 4.79 Å². The van der Waals surface area contributed by atoms with Crippen LogP contribution in [0.25, 0.3) is 0 Å². The van der Waals surface area contributed by atoms with Crippen LogP contribution in [0.2, 0.25) is 0 Å². The summed E-state index contributed by atoms with van der Waals surface area (Å²) in [4.78, 5) is 15.4. The molecule has 0 unspecified atom stereocenters. The number of amides is 1. The van der Waals surface area contributed by atoms with Crippen LogP contribution in [0.3, 0.4) is 0 Å². The van der Waals surface area contributed by atoms with E-state index in [0.29, 0.717) is 13.0 Å². The van der Waals surface area contributed by atoms with Crippen LogP contribution >= 0.6 is 0 Å². The molecule has 0 aromatic heterocycles. The van der Waals surface area contributed by atoms with E-state index in [1.54, 1.807) is 0 Å². The number of carbonyl (C=O) groups excluding carboxylic acids is 1. The Morgan fingerprint density at radius 3 is 3.00 bits per heavy atom. The molecule has 3 nitrogen and oxygen atoms in total. The fraction of sp³-hybridized carbons (Fsp3) is 0.421. The van der Waals surface area contributed by atoms with Gasteiger partial charge in [-0.05, 0) is 37.3 Å². The highest BCUT2D eigenvalue weighted by Gasteiger charge is 2.49. The number of ether oxygens (including phenoxy) is 1. The summed E-state index contributed by atoms with van der Waals surface area (Å²) in [6, 6.07) is 10.5. The van der Waals surface area contributed by atoms with Gasteiger partial charge in [0.15, 0.2) is 0 Å². The number of hydrogen-bond acceptors (Lipinski definition) is 2. The first kappa shape index (κ1) is 13.6. The van der Waals surface area contributed by atoms with Crippen molar-refractivity contribution in [1.82, 2.24) is 4.90 Å². The number of benzene rings is 1. The standard InChI is InChI=1S/C19H21NO2/c21-18-19(13-15-7-2-1-3-8-15)11-5-4-10-17(19)22-14-16-9-6-12-20(16)18/h1-3,5,7-8,10-11,16H,4,6,9,12-14H2/t16-,19+/m0/s1. The molecule has 1 aromatic carbocycles. The molecule has 2 saturated heterocycles. The Balaban J connectivity index is 1.76. The van der Waals surface area contributed by atoms with Gasteiger partial charge in [-0.15, -0.1) is 0 Å². The monoisotopic (exact) mass is 295 g/mol. The Kier molecular flexibility index (Phi) is 3.29. The number of nitrogens with zero attached hydrogens (tertiary/aromatic N) is 1. The maximum absolute atomic E-state index is 13.3. The van der Waals surface area contributed by atoms with Crippen molar-refractivity contribution in [3.8, 4) is 0 Å². The van der Waals surface area contributed by atoms with Gasteiger partial charge in [-0.25, -0.2) is 0 Å². The van der Waals surface area contributed by atoms with E-state index in [4.69, 9.17) is 4.74 Å². The number of hydrogen-bond donors (Lipinski definition) is 0. The lowest BCUT2D eigenvalue weighted by Gasteiger charge is -2.34. The lowest BCUT2D eigenvalue weighted by molar-refractivity contribution is -0.137. The smallest absolute Gasteiger partial charge is 0.240 e. The molecule has 0 radical (unpaired) electrons. The van der Waals surface area contributed by atoms with Crippen LogP contribution in [0, 0.1) is 5.41 Å². The summed E-state index contributed by atoms with van der Waals surface area (Å²) in [6.07, 6.45) is 9.95. The summed E-state index contributed by atoms with van der Waals surface area (Å²) in [5.74, 6) is 1.08. The topological polar surface area (TPSA) is 29.5 Å². The molecule has 3 aliphatic rings. The molecule has 0 N–H and O–H groups in total. The minimum absolute atomic E-state index is 0.221. The van der Waals surface area contributed by atoms with Gasteiger partial charge in [-0.2, -0.15) is 0 Å². The van der Waals surface area contributed by atoms with E-state index in [1.165, 1.54) is 5.56 Å². The van der Waals surface area contributed by atoms with Crippen LogP contribution in [0.4, 0.5) is 0 Å². The second-order valence-electron chi connectivity index (χ2n) is 6.45. The van der Waals surface area contributed by atoms with Crippen molar-refractivity contribution in [3.05, 3.63) is 59.9 Å². The van der Waals surface area contributed by atoms with Gasteiger partial charge in [0, 0.05) is 6.54 Å². The molecule has 2 heterocycles. The molecule has 1 aromatic rings. The Labute approximate surface area is 131 Å². The van der Waals surface area contributed by atoms with Gasteiger partial charge in [0.05, 0.1) is 6.04 Å². The maximum atomic E-state index is 13.3. The molecule has 2 atom stereocenters. The molecule has 0 bridgehead atoms. The highest BCUT2D eigenvalue weighted by atomic mass is 16.5. The zero-order valence-electron chi connectivity index (χ0n) is 12.7. The Morgan fingerprint density at radius 2 is 2.14 bits per heavy atom. The number of allylic oxidation sites excluding steroid dienone is 2. The van der Waals surface area contributed by atoms with Gasteiger partial charge >= 0.3 is 0 Å².